The molecule has 0 aliphatic heterocycles. The van der Waals surface area contributed by atoms with Crippen molar-refractivity contribution in [1.82, 2.24) is 10.3 Å². The van der Waals surface area contributed by atoms with Crippen LogP contribution in [0.5, 0.6) is 0 Å². The van der Waals surface area contributed by atoms with Crippen molar-refractivity contribution < 1.29 is 4.79 Å². The lowest BCUT2D eigenvalue weighted by Gasteiger charge is -2.14. The molecule has 2 aromatic rings. The first kappa shape index (κ1) is 13.1. The molecule has 0 aliphatic carbocycles. The number of nitrogens with zero attached hydrogens (tertiary/aromatic N) is 1. The highest BCUT2D eigenvalue weighted by Crippen LogP contribution is 2.13. The van der Waals surface area contributed by atoms with Crippen molar-refractivity contribution in [2.45, 2.75) is 13.0 Å². The quantitative estimate of drug-likeness (QED) is 0.883. The molecule has 0 spiro atoms. The number of benzene rings is 1. The van der Waals surface area contributed by atoms with Gasteiger partial charge in [-0.2, -0.15) is 0 Å². The monoisotopic (exact) mass is 255 g/mol. The van der Waals surface area contributed by atoms with Gasteiger partial charge in [0.2, 0.25) is 0 Å². The number of aromatic nitrogens is 1. The molecule has 0 radical (unpaired) electrons. The molecule has 1 unspecified atom stereocenters. The first-order valence-electron chi connectivity index (χ1n) is 6.20. The first-order valence-corrected chi connectivity index (χ1v) is 6.20. The van der Waals surface area contributed by atoms with Crippen LogP contribution in [0.25, 0.3) is 0 Å². The van der Waals surface area contributed by atoms with Crippen molar-refractivity contribution in [3.63, 3.8) is 0 Å². The van der Waals surface area contributed by atoms with Crippen LogP contribution in [0, 0.1) is 0 Å². The molecule has 1 amide bonds. The molecule has 4 nitrogen and oxygen atoms in total. The lowest BCUT2D eigenvalue weighted by molar-refractivity contribution is 0.0935. The molecule has 0 aliphatic rings. The number of hydrogen-bond acceptors (Lipinski definition) is 3. The fourth-order valence-electron chi connectivity index (χ4n) is 1.81. The van der Waals surface area contributed by atoms with Crippen LogP contribution in [-0.4, -0.2) is 17.9 Å². The molecule has 19 heavy (non-hydrogen) atoms. The van der Waals surface area contributed by atoms with Gasteiger partial charge >= 0.3 is 0 Å². The number of amides is 1. The number of rotatable bonds is 4. The van der Waals surface area contributed by atoms with E-state index in [4.69, 9.17) is 0 Å². The van der Waals surface area contributed by atoms with E-state index in [1.165, 1.54) is 0 Å². The molecule has 0 saturated heterocycles. The van der Waals surface area contributed by atoms with E-state index in [0.717, 1.165) is 11.3 Å². The summed E-state index contributed by atoms with van der Waals surface area (Å²) < 4.78 is 0. The molecule has 1 aromatic carbocycles. The molecule has 0 saturated carbocycles. The van der Waals surface area contributed by atoms with Gasteiger partial charge in [0.25, 0.3) is 5.91 Å². The van der Waals surface area contributed by atoms with Crippen molar-refractivity contribution in [2.24, 2.45) is 0 Å². The zero-order chi connectivity index (χ0) is 13.7. The fraction of sp³-hybridized carbons (Fsp3) is 0.200. The van der Waals surface area contributed by atoms with Gasteiger partial charge in [0.05, 0.1) is 6.04 Å². The third kappa shape index (κ3) is 3.31. The van der Waals surface area contributed by atoms with Crippen molar-refractivity contribution in [2.75, 3.05) is 12.4 Å². The summed E-state index contributed by atoms with van der Waals surface area (Å²) in [5, 5.41) is 5.92. The van der Waals surface area contributed by atoms with Crippen molar-refractivity contribution >= 4 is 11.6 Å². The molecular weight excluding hydrogens is 238 g/mol. The van der Waals surface area contributed by atoms with Gasteiger partial charge in [0.1, 0.15) is 5.69 Å². The van der Waals surface area contributed by atoms with E-state index >= 15 is 0 Å². The highest BCUT2D eigenvalue weighted by molar-refractivity contribution is 5.93. The van der Waals surface area contributed by atoms with Crippen molar-refractivity contribution in [3.05, 3.63) is 59.9 Å². The lowest BCUT2D eigenvalue weighted by Crippen LogP contribution is -2.27. The van der Waals surface area contributed by atoms with E-state index in [9.17, 15) is 4.79 Å². The molecule has 1 heterocycles. The van der Waals surface area contributed by atoms with Gasteiger partial charge in [-0.3, -0.25) is 9.78 Å². The minimum absolute atomic E-state index is 0.0475. The minimum Gasteiger partial charge on any atom is -0.388 e. The summed E-state index contributed by atoms with van der Waals surface area (Å²) in [4.78, 5) is 16.2. The maximum absolute atomic E-state index is 12.1. The number of pyridine rings is 1. The number of hydrogen-bond donors (Lipinski definition) is 2. The Bertz CT molecular complexity index is 554. The molecule has 1 atom stereocenters. The maximum Gasteiger partial charge on any atom is 0.270 e. The predicted octanol–water partition coefficient (Wildman–Crippen LogP) is 2.61. The van der Waals surface area contributed by atoms with Crippen LogP contribution in [0.15, 0.2) is 48.7 Å². The second kappa shape index (κ2) is 6.00. The average Bonchev–Trinajstić information content (AvgIpc) is 2.48. The van der Waals surface area contributed by atoms with Gasteiger partial charge in [0.15, 0.2) is 0 Å². The second-order valence-corrected chi connectivity index (χ2v) is 4.29. The molecule has 4 heteroatoms. The SMILES string of the molecule is CNc1ccnc(C(=O)NC(C)c2ccccc2)c1. The molecule has 2 rings (SSSR count). The number of carbonyl (C=O) groups is 1. The predicted molar refractivity (Wildman–Crippen MR) is 76.1 cm³/mol. The number of nitrogens with one attached hydrogen (secondary N) is 2. The van der Waals surface area contributed by atoms with Crippen molar-refractivity contribution in [3.8, 4) is 0 Å². The summed E-state index contributed by atoms with van der Waals surface area (Å²) in [6, 6.07) is 13.3. The minimum atomic E-state index is -0.173. The summed E-state index contributed by atoms with van der Waals surface area (Å²) in [5.74, 6) is -0.173. The molecular formula is C15H17N3O. The summed E-state index contributed by atoms with van der Waals surface area (Å²) in [5.41, 5.74) is 2.35. The Balaban J connectivity index is 2.08. The Morgan fingerprint density at radius 2 is 1.95 bits per heavy atom. The molecule has 98 valence electrons. The van der Waals surface area contributed by atoms with Crippen LogP contribution >= 0.6 is 0 Å². The van der Waals surface area contributed by atoms with E-state index in [2.05, 4.69) is 15.6 Å². The Morgan fingerprint density at radius 3 is 2.63 bits per heavy atom. The smallest absolute Gasteiger partial charge is 0.270 e. The summed E-state index contributed by atoms with van der Waals surface area (Å²) in [7, 11) is 1.81. The summed E-state index contributed by atoms with van der Waals surface area (Å²) in [6.07, 6.45) is 1.62. The Labute approximate surface area is 112 Å². The topological polar surface area (TPSA) is 54.0 Å². The highest BCUT2D eigenvalue weighted by atomic mass is 16.1. The first-order chi connectivity index (χ1) is 9.20. The number of anilines is 1. The van der Waals surface area contributed by atoms with Crippen LogP contribution in [-0.2, 0) is 0 Å². The van der Waals surface area contributed by atoms with Gasteiger partial charge in [-0.15, -0.1) is 0 Å². The van der Waals surface area contributed by atoms with Crippen molar-refractivity contribution in [1.29, 1.82) is 0 Å². The molecule has 2 N–H and O–H groups in total. The van der Waals surface area contributed by atoms with Gasteiger partial charge in [-0.25, -0.2) is 0 Å². The van der Waals surface area contributed by atoms with Crippen LogP contribution in [0.2, 0.25) is 0 Å². The fourth-order valence-corrected chi connectivity index (χ4v) is 1.81. The van der Waals surface area contributed by atoms with E-state index in [0.29, 0.717) is 5.69 Å². The third-order valence-corrected chi connectivity index (χ3v) is 2.93. The van der Waals surface area contributed by atoms with E-state index < -0.39 is 0 Å². The van der Waals surface area contributed by atoms with Crippen LogP contribution in [0.1, 0.15) is 29.0 Å². The lowest BCUT2D eigenvalue weighted by atomic mass is 10.1. The Hall–Kier alpha value is -2.36. The van der Waals surface area contributed by atoms with Crippen LogP contribution in [0.4, 0.5) is 5.69 Å². The van der Waals surface area contributed by atoms with E-state index in [1.54, 1.807) is 12.3 Å². The molecule has 0 bridgehead atoms. The highest BCUT2D eigenvalue weighted by Gasteiger charge is 2.12. The normalized spacial score (nSPS) is 11.7. The van der Waals surface area contributed by atoms with Crippen LogP contribution < -0.4 is 10.6 Å². The largest absolute Gasteiger partial charge is 0.388 e. The van der Waals surface area contributed by atoms with Crippen LogP contribution in [0.3, 0.4) is 0 Å². The number of carbonyl (C=O) groups excluding carboxylic acids is 1. The molecule has 0 fully saturated rings. The standard InChI is InChI=1S/C15H17N3O/c1-11(12-6-4-3-5-7-12)18-15(19)14-10-13(16-2)8-9-17-14/h3-11H,1-2H3,(H,16,17)(H,18,19). The summed E-state index contributed by atoms with van der Waals surface area (Å²) >= 11 is 0. The zero-order valence-corrected chi connectivity index (χ0v) is 11.1. The van der Waals surface area contributed by atoms with Gasteiger partial charge in [-0.05, 0) is 24.6 Å². The Kier molecular flexibility index (Phi) is 4.13. The zero-order valence-electron chi connectivity index (χ0n) is 11.1. The second-order valence-electron chi connectivity index (χ2n) is 4.29. The maximum atomic E-state index is 12.1. The summed E-state index contributed by atoms with van der Waals surface area (Å²) in [6.45, 7) is 1.95. The van der Waals surface area contributed by atoms with Gasteiger partial charge < -0.3 is 10.6 Å². The van der Waals surface area contributed by atoms with E-state index in [-0.39, 0.29) is 11.9 Å². The molecule has 1 aromatic heterocycles. The van der Waals surface area contributed by atoms with E-state index in [1.807, 2.05) is 50.4 Å². The van der Waals surface area contributed by atoms with Gasteiger partial charge in [0, 0.05) is 18.9 Å². The average molecular weight is 255 g/mol. The van der Waals surface area contributed by atoms with Gasteiger partial charge in [-0.1, -0.05) is 30.3 Å². The third-order valence-electron chi connectivity index (χ3n) is 2.93. The Morgan fingerprint density at radius 1 is 1.21 bits per heavy atom.